The molecule has 0 saturated heterocycles. The molecular weight excluding hydrogens is 378 g/mol. The fourth-order valence-electron chi connectivity index (χ4n) is 2.39. The molecule has 0 saturated carbocycles. The first-order valence-electron chi connectivity index (χ1n) is 8.75. The molecule has 3 N–H and O–H groups in total. The quantitative estimate of drug-likeness (QED) is 0.653. The summed E-state index contributed by atoms with van der Waals surface area (Å²) in [7, 11) is 0. The Hall–Kier alpha value is -3.88. The number of ether oxygens (including phenoxy) is 2. The molecule has 0 aliphatic heterocycles. The molecule has 2 rings (SSSR count). The van der Waals surface area contributed by atoms with Gasteiger partial charge in [0.25, 0.3) is 5.91 Å². The van der Waals surface area contributed by atoms with Crippen LogP contribution in [-0.4, -0.2) is 43.6 Å². The lowest BCUT2D eigenvalue weighted by atomic mass is 10.2. The zero-order valence-corrected chi connectivity index (χ0v) is 15.8. The van der Waals surface area contributed by atoms with E-state index >= 15 is 0 Å². The van der Waals surface area contributed by atoms with Gasteiger partial charge in [-0.2, -0.15) is 0 Å². The number of carbonyl (C=O) groups is 4. The van der Waals surface area contributed by atoms with Crippen LogP contribution in [0.2, 0.25) is 0 Å². The highest BCUT2D eigenvalue weighted by Crippen LogP contribution is 2.15. The molecule has 0 unspecified atom stereocenters. The minimum atomic E-state index is -0.729. The SMILES string of the molecule is CCOC(=O)CN(C(=O)COC(=O)c1ccc(NC(N)=O)cc1)c1ccccc1. The Kier molecular flexibility index (Phi) is 7.72. The van der Waals surface area contributed by atoms with Crippen LogP contribution in [0.1, 0.15) is 17.3 Å². The third-order valence-corrected chi connectivity index (χ3v) is 3.68. The highest BCUT2D eigenvalue weighted by Gasteiger charge is 2.21. The van der Waals surface area contributed by atoms with Crippen LogP contribution < -0.4 is 16.0 Å². The van der Waals surface area contributed by atoms with Gasteiger partial charge in [-0.1, -0.05) is 18.2 Å². The lowest BCUT2D eigenvalue weighted by molar-refractivity contribution is -0.142. The number of anilines is 2. The first-order valence-corrected chi connectivity index (χ1v) is 8.75. The van der Waals surface area contributed by atoms with E-state index in [0.29, 0.717) is 11.4 Å². The number of amides is 3. The van der Waals surface area contributed by atoms with Crippen LogP contribution in [0.5, 0.6) is 0 Å². The molecule has 0 aliphatic rings. The summed E-state index contributed by atoms with van der Waals surface area (Å²) in [5, 5.41) is 2.36. The number of nitrogens with zero attached hydrogens (tertiary/aromatic N) is 1. The van der Waals surface area contributed by atoms with Crippen molar-refractivity contribution in [3.8, 4) is 0 Å². The minimum absolute atomic E-state index is 0.185. The third-order valence-electron chi connectivity index (χ3n) is 3.68. The van der Waals surface area contributed by atoms with Gasteiger partial charge >= 0.3 is 18.0 Å². The maximum atomic E-state index is 12.6. The van der Waals surface area contributed by atoms with E-state index in [0.717, 1.165) is 0 Å². The first kappa shape index (κ1) is 21.4. The van der Waals surface area contributed by atoms with Crippen molar-refractivity contribution in [3.05, 3.63) is 60.2 Å². The summed E-state index contributed by atoms with van der Waals surface area (Å²) < 4.78 is 9.96. The van der Waals surface area contributed by atoms with Crippen molar-refractivity contribution in [2.45, 2.75) is 6.92 Å². The second-order valence-electron chi connectivity index (χ2n) is 5.76. The molecular formula is C20H21N3O6. The molecule has 3 amide bonds. The van der Waals surface area contributed by atoms with Gasteiger partial charge in [-0.05, 0) is 43.3 Å². The summed E-state index contributed by atoms with van der Waals surface area (Å²) in [5.41, 5.74) is 6.09. The zero-order chi connectivity index (χ0) is 21.2. The monoisotopic (exact) mass is 399 g/mol. The number of para-hydroxylation sites is 1. The van der Waals surface area contributed by atoms with E-state index < -0.39 is 30.5 Å². The second-order valence-corrected chi connectivity index (χ2v) is 5.76. The Labute approximate surface area is 167 Å². The number of hydrogen-bond donors (Lipinski definition) is 2. The Morgan fingerprint density at radius 3 is 2.21 bits per heavy atom. The van der Waals surface area contributed by atoms with Crippen LogP contribution in [0.15, 0.2) is 54.6 Å². The minimum Gasteiger partial charge on any atom is -0.465 e. The number of benzene rings is 2. The van der Waals surface area contributed by atoms with Gasteiger partial charge in [0.1, 0.15) is 6.54 Å². The van der Waals surface area contributed by atoms with Crippen molar-refractivity contribution >= 4 is 35.3 Å². The normalized spacial score (nSPS) is 9.97. The van der Waals surface area contributed by atoms with E-state index in [4.69, 9.17) is 15.2 Å². The summed E-state index contributed by atoms with van der Waals surface area (Å²) >= 11 is 0. The van der Waals surface area contributed by atoms with Gasteiger partial charge in [0.15, 0.2) is 6.61 Å². The standard InChI is InChI=1S/C20H21N3O6/c1-2-28-18(25)12-23(16-6-4-3-5-7-16)17(24)13-29-19(26)14-8-10-15(11-9-14)22-20(21)27/h3-11H,2,12-13H2,1H3,(H3,21,22,27). The highest BCUT2D eigenvalue weighted by atomic mass is 16.5. The molecule has 2 aromatic carbocycles. The molecule has 0 radical (unpaired) electrons. The van der Waals surface area contributed by atoms with E-state index in [2.05, 4.69) is 5.32 Å². The molecule has 0 heterocycles. The summed E-state index contributed by atoms with van der Waals surface area (Å²) in [4.78, 5) is 48.6. The van der Waals surface area contributed by atoms with Gasteiger partial charge in [0.05, 0.1) is 12.2 Å². The largest absolute Gasteiger partial charge is 0.465 e. The lowest BCUT2D eigenvalue weighted by Gasteiger charge is -2.21. The van der Waals surface area contributed by atoms with Gasteiger partial charge in [0, 0.05) is 11.4 Å². The molecule has 0 aliphatic carbocycles. The summed E-state index contributed by atoms with van der Waals surface area (Å²) in [6.07, 6.45) is 0. The average Bonchev–Trinajstić information content (AvgIpc) is 2.71. The van der Waals surface area contributed by atoms with Crippen LogP contribution >= 0.6 is 0 Å². The van der Waals surface area contributed by atoms with Crippen molar-refractivity contribution in [2.24, 2.45) is 5.73 Å². The van der Waals surface area contributed by atoms with Crippen LogP contribution in [-0.2, 0) is 19.1 Å². The number of urea groups is 1. The van der Waals surface area contributed by atoms with E-state index in [1.54, 1.807) is 37.3 Å². The lowest BCUT2D eigenvalue weighted by Crippen LogP contribution is -2.39. The fourth-order valence-corrected chi connectivity index (χ4v) is 2.39. The molecule has 0 bridgehead atoms. The summed E-state index contributed by atoms with van der Waals surface area (Å²) in [5.74, 6) is -1.88. The molecule has 9 nitrogen and oxygen atoms in total. The highest BCUT2D eigenvalue weighted by molar-refractivity contribution is 6.00. The van der Waals surface area contributed by atoms with Crippen molar-refractivity contribution in [1.82, 2.24) is 0 Å². The number of primary amides is 1. The molecule has 2 aromatic rings. The van der Waals surface area contributed by atoms with Crippen LogP contribution in [0.25, 0.3) is 0 Å². The second kappa shape index (κ2) is 10.5. The van der Waals surface area contributed by atoms with Crippen LogP contribution in [0.4, 0.5) is 16.2 Å². The van der Waals surface area contributed by atoms with E-state index in [9.17, 15) is 19.2 Å². The van der Waals surface area contributed by atoms with Gasteiger partial charge < -0.3 is 20.5 Å². The molecule has 0 aromatic heterocycles. The van der Waals surface area contributed by atoms with Crippen molar-refractivity contribution in [2.75, 3.05) is 30.0 Å². The van der Waals surface area contributed by atoms with E-state index in [-0.39, 0.29) is 18.7 Å². The molecule has 29 heavy (non-hydrogen) atoms. The number of carbonyl (C=O) groups excluding carboxylic acids is 4. The van der Waals surface area contributed by atoms with Crippen molar-refractivity contribution in [1.29, 1.82) is 0 Å². The Balaban J connectivity index is 2.02. The Bertz CT molecular complexity index is 868. The number of nitrogens with one attached hydrogen (secondary N) is 1. The maximum absolute atomic E-state index is 12.6. The van der Waals surface area contributed by atoms with Crippen molar-refractivity contribution < 1.29 is 28.7 Å². The number of rotatable bonds is 8. The molecule has 0 fully saturated rings. The molecule has 152 valence electrons. The summed E-state index contributed by atoms with van der Waals surface area (Å²) in [6, 6.07) is 13.6. The number of nitrogens with two attached hydrogens (primary N) is 1. The first-order chi connectivity index (χ1) is 13.9. The Morgan fingerprint density at radius 1 is 0.966 bits per heavy atom. The number of esters is 2. The smallest absolute Gasteiger partial charge is 0.338 e. The van der Waals surface area contributed by atoms with Gasteiger partial charge in [-0.25, -0.2) is 9.59 Å². The zero-order valence-electron chi connectivity index (χ0n) is 15.8. The van der Waals surface area contributed by atoms with Crippen LogP contribution in [0.3, 0.4) is 0 Å². The van der Waals surface area contributed by atoms with Gasteiger partial charge in [-0.3, -0.25) is 14.5 Å². The molecule has 9 heteroatoms. The predicted molar refractivity (Wildman–Crippen MR) is 105 cm³/mol. The van der Waals surface area contributed by atoms with Gasteiger partial charge in [-0.15, -0.1) is 0 Å². The fraction of sp³-hybridized carbons (Fsp3) is 0.200. The number of hydrogen-bond acceptors (Lipinski definition) is 6. The van der Waals surface area contributed by atoms with E-state index in [1.807, 2.05) is 0 Å². The topological polar surface area (TPSA) is 128 Å². The Morgan fingerprint density at radius 2 is 1.62 bits per heavy atom. The molecule has 0 atom stereocenters. The van der Waals surface area contributed by atoms with Gasteiger partial charge in [0.2, 0.25) is 0 Å². The van der Waals surface area contributed by atoms with E-state index in [1.165, 1.54) is 29.2 Å². The molecule has 0 spiro atoms. The third kappa shape index (κ3) is 6.65. The average molecular weight is 399 g/mol. The maximum Gasteiger partial charge on any atom is 0.338 e. The van der Waals surface area contributed by atoms with Crippen LogP contribution in [0, 0.1) is 0 Å². The summed E-state index contributed by atoms with van der Waals surface area (Å²) in [6.45, 7) is 0.986. The van der Waals surface area contributed by atoms with Crippen molar-refractivity contribution in [3.63, 3.8) is 0 Å². The predicted octanol–water partition coefficient (Wildman–Crippen LogP) is 1.93.